The Hall–Kier alpha value is -1.60. The number of hydrogen-bond donors (Lipinski definition) is 0. The monoisotopic (exact) mass is 315 g/mol. The number of fused-ring (bicyclic) bond motifs is 2. The van der Waals surface area contributed by atoms with Gasteiger partial charge in [-0.2, -0.15) is 13.2 Å². The third-order valence-corrected chi connectivity index (χ3v) is 3.84. The maximum absolute atomic E-state index is 12.7. The van der Waals surface area contributed by atoms with Crippen LogP contribution in [0.1, 0.15) is 24.0 Å². The van der Waals surface area contributed by atoms with Gasteiger partial charge < -0.3 is 14.4 Å². The molecule has 1 fully saturated rings. The summed E-state index contributed by atoms with van der Waals surface area (Å²) < 4.78 is 48.7. The first-order valence-electron chi connectivity index (χ1n) is 7.11. The molecule has 1 aromatic carbocycles. The smallest absolute Gasteiger partial charge is 0.338 e. The molecule has 4 nitrogen and oxygen atoms in total. The Balaban J connectivity index is 1.99. The molecule has 7 heteroatoms. The van der Waals surface area contributed by atoms with Crippen molar-refractivity contribution in [2.24, 2.45) is 0 Å². The molecule has 0 N–H and O–H groups in total. The second kappa shape index (κ2) is 5.24. The van der Waals surface area contributed by atoms with Gasteiger partial charge in [0.1, 0.15) is 0 Å². The van der Waals surface area contributed by atoms with E-state index in [-0.39, 0.29) is 0 Å². The molecular weight excluding hydrogens is 299 g/mol. The minimum Gasteiger partial charge on any atom is -0.338 e. The Morgan fingerprint density at radius 3 is 2.59 bits per heavy atom. The van der Waals surface area contributed by atoms with E-state index in [2.05, 4.69) is 0 Å². The quantitative estimate of drug-likeness (QED) is 0.842. The lowest BCUT2D eigenvalue weighted by Gasteiger charge is -2.32. The van der Waals surface area contributed by atoms with Gasteiger partial charge >= 0.3 is 6.18 Å². The van der Waals surface area contributed by atoms with Gasteiger partial charge in [-0.15, -0.1) is 0 Å². The highest BCUT2D eigenvalue weighted by Gasteiger charge is 2.55. The maximum atomic E-state index is 12.7. The summed E-state index contributed by atoms with van der Waals surface area (Å²) in [6.07, 6.45) is -4.74. The van der Waals surface area contributed by atoms with E-state index in [0.29, 0.717) is 30.9 Å². The molecule has 0 unspecified atom stereocenters. The van der Waals surface area contributed by atoms with Crippen LogP contribution in [0.4, 0.5) is 18.9 Å². The molecule has 0 atom stereocenters. The molecule has 1 amide bonds. The lowest BCUT2D eigenvalue weighted by atomic mass is 10.0. The first-order valence-corrected chi connectivity index (χ1v) is 7.11. The van der Waals surface area contributed by atoms with E-state index in [4.69, 9.17) is 9.47 Å². The second-order valence-electron chi connectivity index (χ2n) is 5.51. The molecule has 1 aromatic rings. The number of hydrogen-bond acceptors (Lipinski definition) is 3. The van der Waals surface area contributed by atoms with Crippen molar-refractivity contribution in [3.63, 3.8) is 0 Å². The molecule has 2 aliphatic heterocycles. The van der Waals surface area contributed by atoms with E-state index < -0.39 is 30.8 Å². The van der Waals surface area contributed by atoms with Gasteiger partial charge in [-0.1, -0.05) is 11.6 Å². The molecule has 120 valence electrons. The van der Waals surface area contributed by atoms with E-state index in [0.717, 1.165) is 10.5 Å². The minimum atomic E-state index is -4.32. The van der Waals surface area contributed by atoms with Crippen LogP contribution in [-0.4, -0.2) is 31.8 Å². The van der Waals surface area contributed by atoms with Crippen LogP contribution in [-0.2, 0) is 20.1 Å². The van der Waals surface area contributed by atoms with Crippen molar-refractivity contribution in [2.75, 3.05) is 24.7 Å². The number of halogens is 3. The van der Waals surface area contributed by atoms with Crippen LogP contribution in [0.3, 0.4) is 0 Å². The number of ether oxygens (including phenoxy) is 2. The van der Waals surface area contributed by atoms with Crippen LogP contribution in [0, 0.1) is 6.92 Å². The fourth-order valence-electron chi connectivity index (χ4n) is 2.82. The first-order chi connectivity index (χ1) is 10.3. The lowest BCUT2D eigenvalue weighted by molar-refractivity contribution is -0.256. The van der Waals surface area contributed by atoms with Crippen LogP contribution >= 0.6 is 0 Å². The highest BCUT2D eigenvalue weighted by atomic mass is 19.4. The first kappa shape index (κ1) is 15.3. The summed E-state index contributed by atoms with van der Waals surface area (Å²) in [6, 6.07) is 5.15. The maximum Gasteiger partial charge on any atom is 0.390 e. The summed E-state index contributed by atoms with van der Waals surface area (Å²) in [5.74, 6) is -2.15. The average molecular weight is 315 g/mol. The number of aryl methyl sites for hydroxylation is 1. The van der Waals surface area contributed by atoms with Gasteiger partial charge in [0.05, 0.1) is 25.3 Å². The summed E-state index contributed by atoms with van der Waals surface area (Å²) in [6.45, 7) is 2.09. The van der Waals surface area contributed by atoms with Crippen molar-refractivity contribution in [3.8, 4) is 0 Å². The molecule has 0 bridgehead atoms. The molecule has 22 heavy (non-hydrogen) atoms. The van der Waals surface area contributed by atoms with Crippen molar-refractivity contribution in [3.05, 3.63) is 29.3 Å². The predicted molar refractivity (Wildman–Crippen MR) is 72.4 cm³/mol. The highest BCUT2D eigenvalue weighted by molar-refractivity contribution is 6.06. The van der Waals surface area contributed by atoms with Gasteiger partial charge in [-0.3, -0.25) is 4.79 Å². The molecule has 0 aromatic heterocycles. The summed E-state index contributed by atoms with van der Waals surface area (Å²) in [4.78, 5) is 13.8. The van der Waals surface area contributed by atoms with E-state index in [1.807, 2.05) is 6.92 Å². The number of amides is 1. The highest BCUT2D eigenvalue weighted by Crippen LogP contribution is 2.45. The van der Waals surface area contributed by atoms with Gasteiger partial charge in [0, 0.05) is 12.1 Å². The van der Waals surface area contributed by atoms with E-state index in [9.17, 15) is 18.0 Å². The fourth-order valence-corrected chi connectivity index (χ4v) is 2.82. The number of anilines is 1. The SMILES string of the molecule is Cc1ccc2c(c1)C1(OCCCO1)C(=O)N2CCC(F)(F)F. The number of carbonyl (C=O) groups excluding carboxylic acids is 1. The molecule has 0 radical (unpaired) electrons. The molecule has 0 aliphatic carbocycles. The average Bonchev–Trinajstić information content (AvgIpc) is 2.67. The molecule has 3 rings (SSSR count). The number of alkyl halides is 3. The van der Waals surface area contributed by atoms with Gasteiger partial charge in [-0.25, -0.2) is 0 Å². The van der Waals surface area contributed by atoms with Crippen molar-refractivity contribution in [1.29, 1.82) is 0 Å². The third-order valence-electron chi connectivity index (χ3n) is 3.84. The van der Waals surface area contributed by atoms with Crippen LogP contribution in [0.5, 0.6) is 0 Å². The Labute approximate surface area is 125 Å². The Morgan fingerprint density at radius 2 is 1.95 bits per heavy atom. The predicted octanol–water partition coefficient (Wildman–Crippen LogP) is 2.88. The van der Waals surface area contributed by atoms with Crippen LogP contribution < -0.4 is 4.90 Å². The second-order valence-corrected chi connectivity index (χ2v) is 5.51. The largest absolute Gasteiger partial charge is 0.390 e. The topological polar surface area (TPSA) is 38.8 Å². The lowest BCUT2D eigenvalue weighted by Crippen LogP contribution is -2.47. The summed E-state index contributed by atoms with van der Waals surface area (Å²) in [7, 11) is 0. The number of nitrogens with zero attached hydrogens (tertiary/aromatic N) is 1. The van der Waals surface area contributed by atoms with Gasteiger partial charge in [0.2, 0.25) is 0 Å². The van der Waals surface area contributed by atoms with Crippen molar-refractivity contribution in [1.82, 2.24) is 0 Å². The van der Waals surface area contributed by atoms with Gasteiger partial charge in [-0.05, 0) is 25.5 Å². The Bertz CT molecular complexity index is 594. The molecular formula is C15H16F3NO3. The van der Waals surface area contributed by atoms with Crippen molar-refractivity contribution < 1.29 is 27.4 Å². The van der Waals surface area contributed by atoms with Crippen molar-refractivity contribution >= 4 is 11.6 Å². The molecule has 1 saturated heterocycles. The number of carbonyl (C=O) groups is 1. The van der Waals surface area contributed by atoms with E-state index in [1.54, 1.807) is 18.2 Å². The number of benzene rings is 1. The van der Waals surface area contributed by atoms with Gasteiger partial charge in [0.25, 0.3) is 11.7 Å². The summed E-state index contributed by atoms with van der Waals surface area (Å²) >= 11 is 0. The number of rotatable bonds is 2. The molecule has 1 spiro atoms. The van der Waals surface area contributed by atoms with Crippen LogP contribution in [0.15, 0.2) is 18.2 Å². The van der Waals surface area contributed by atoms with Gasteiger partial charge in [0.15, 0.2) is 0 Å². The zero-order valence-corrected chi connectivity index (χ0v) is 12.1. The Morgan fingerprint density at radius 1 is 1.27 bits per heavy atom. The molecule has 2 aliphatic rings. The normalized spacial score (nSPS) is 20.5. The fraction of sp³-hybridized carbons (Fsp3) is 0.533. The standard InChI is InChI=1S/C15H16F3NO3/c1-10-3-4-12-11(9-10)15(21-7-2-8-22-15)13(20)19(12)6-5-14(16,17)18/h3-4,9H,2,5-8H2,1H3. The zero-order valence-electron chi connectivity index (χ0n) is 12.1. The zero-order chi connectivity index (χ0) is 16.0. The molecule has 0 saturated carbocycles. The summed E-state index contributed by atoms with van der Waals surface area (Å²) in [5, 5.41) is 0. The Kier molecular flexibility index (Phi) is 3.65. The molecule has 2 heterocycles. The summed E-state index contributed by atoms with van der Waals surface area (Å²) in [5.41, 5.74) is 1.82. The van der Waals surface area contributed by atoms with E-state index >= 15 is 0 Å². The van der Waals surface area contributed by atoms with Crippen LogP contribution in [0.2, 0.25) is 0 Å². The third kappa shape index (κ3) is 2.48. The van der Waals surface area contributed by atoms with E-state index in [1.165, 1.54) is 0 Å². The van der Waals surface area contributed by atoms with Crippen LogP contribution in [0.25, 0.3) is 0 Å². The van der Waals surface area contributed by atoms with Crippen molar-refractivity contribution in [2.45, 2.75) is 31.7 Å². The minimum absolute atomic E-state index is 0.340.